The zero-order chi connectivity index (χ0) is 20.6. The maximum Gasteiger partial charge on any atom is 0.111 e. The Morgan fingerprint density at radius 1 is 0.759 bits per heavy atom. The molecule has 0 unspecified atom stereocenters. The van der Waals surface area contributed by atoms with Gasteiger partial charge in [0.25, 0.3) is 0 Å². The van der Waals surface area contributed by atoms with Gasteiger partial charge in [0, 0.05) is 31.9 Å². The summed E-state index contributed by atoms with van der Waals surface area (Å²) in [5.41, 5.74) is 7.20. The number of amidine groups is 1. The van der Waals surface area contributed by atoms with E-state index < -0.39 is 0 Å². The number of aryl methyl sites for hydroxylation is 2. The van der Waals surface area contributed by atoms with Gasteiger partial charge in [0.2, 0.25) is 0 Å². The third-order valence-electron chi connectivity index (χ3n) is 5.14. The van der Waals surface area contributed by atoms with E-state index in [2.05, 4.69) is 111 Å². The van der Waals surface area contributed by atoms with Gasteiger partial charge in [-0.15, -0.1) is 0 Å². The monoisotopic (exact) mass is 385 g/mol. The Hall–Kier alpha value is -3.07. The molecule has 1 N–H and O–H groups in total. The van der Waals surface area contributed by atoms with Crippen LogP contribution in [0.15, 0.2) is 77.8 Å². The van der Waals surface area contributed by atoms with Gasteiger partial charge in [-0.25, -0.2) is 4.99 Å². The third kappa shape index (κ3) is 5.26. The summed E-state index contributed by atoms with van der Waals surface area (Å²) in [7, 11) is 4.17. The van der Waals surface area contributed by atoms with Gasteiger partial charge in [0.15, 0.2) is 0 Å². The molecule has 0 bridgehead atoms. The van der Waals surface area contributed by atoms with E-state index in [4.69, 9.17) is 4.99 Å². The van der Waals surface area contributed by atoms with E-state index in [9.17, 15) is 0 Å². The molecule has 0 atom stereocenters. The first-order valence-corrected chi connectivity index (χ1v) is 10.4. The van der Waals surface area contributed by atoms with Crippen LogP contribution in [0.3, 0.4) is 0 Å². The highest BCUT2D eigenvalue weighted by atomic mass is 15.1. The second-order valence-corrected chi connectivity index (χ2v) is 7.38. The van der Waals surface area contributed by atoms with Crippen LogP contribution in [0, 0.1) is 0 Å². The number of para-hydroxylation sites is 3. The van der Waals surface area contributed by atoms with Crippen LogP contribution < -0.4 is 10.2 Å². The second-order valence-electron chi connectivity index (χ2n) is 7.38. The molecule has 0 radical (unpaired) electrons. The Kier molecular flexibility index (Phi) is 7.07. The normalized spacial score (nSPS) is 11.4. The summed E-state index contributed by atoms with van der Waals surface area (Å²) in [6.45, 7) is 4.36. The Bertz CT molecular complexity index is 973. The Balaban J connectivity index is 2.03. The van der Waals surface area contributed by atoms with Crippen LogP contribution in [-0.4, -0.2) is 19.9 Å². The standard InChI is InChI=1S/C26H31N3/c1-5-20-13-7-10-16-23(20)27-26(28-24-17-11-8-14-21(24)6-2)19-22-15-9-12-18-25(22)29(3)4/h7-18H,5-6,19H2,1-4H3,(H,27,28). The number of hydrogen-bond acceptors (Lipinski definition) is 2. The molecule has 3 aromatic carbocycles. The quantitative estimate of drug-likeness (QED) is 0.384. The highest BCUT2D eigenvalue weighted by molar-refractivity contribution is 5.99. The van der Waals surface area contributed by atoms with Crippen molar-refractivity contribution in [3.05, 3.63) is 89.5 Å². The number of anilines is 2. The van der Waals surface area contributed by atoms with Gasteiger partial charge in [-0.2, -0.15) is 0 Å². The van der Waals surface area contributed by atoms with Crippen LogP contribution in [0.4, 0.5) is 17.1 Å². The molecule has 0 heterocycles. The zero-order valence-electron chi connectivity index (χ0n) is 17.9. The maximum atomic E-state index is 5.08. The van der Waals surface area contributed by atoms with Crippen molar-refractivity contribution in [3.63, 3.8) is 0 Å². The lowest BCUT2D eigenvalue weighted by Gasteiger charge is -2.19. The SMILES string of the molecule is CCc1ccccc1N=C(Cc1ccccc1N(C)C)Nc1ccccc1CC. The molecule has 0 aromatic heterocycles. The fraction of sp³-hybridized carbons (Fsp3) is 0.269. The topological polar surface area (TPSA) is 27.6 Å². The predicted octanol–water partition coefficient (Wildman–Crippen LogP) is 6.26. The van der Waals surface area contributed by atoms with Crippen molar-refractivity contribution in [2.45, 2.75) is 33.1 Å². The minimum Gasteiger partial charge on any atom is -0.377 e. The summed E-state index contributed by atoms with van der Waals surface area (Å²) >= 11 is 0. The van der Waals surface area contributed by atoms with E-state index in [0.717, 1.165) is 36.5 Å². The highest BCUT2D eigenvalue weighted by Gasteiger charge is 2.11. The van der Waals surface area contributed by atoms with Gasteiger partial charge in [0.05, 0.1) is 5.69 Å². The Morgan fingerprint density at radius 3 is 2.03 bits per heavy atom. The average Bonchev–Trinajstić information content (AvgIpc) is 2.74. The fourth-order valence-electron chi connectivity index (χ4n) is 3.56. The maximum absolute atomic E-state index is 5.08. The lowest BCUT2D eigenvalue weighted by molar-refractivity contribution is 1.10. The van der Waals surface area contributed by atoms with Crippen LogP contribution in [-0.2, 0) is 19.3 Å². The van der Waals surface area contributed by atoms with E-state index >= 15 is 0 Å². The summed E-state index contributed by atoms with van der Waals surface area (Å²) in [6, 6.07) is 25.4. The van der Waals surface area contributed by atoms with E-state index in [0.29, 0.717) is 0 Å². The summed E-state index contributed by atoms with van der Waals surface area (Å²) in [4.78, 5) is 7.24. The molecule has 0 saturated heterocycles. The molecule has 29 heavy (non-hydrogen) atoms. The molecule has 0 aliphatic rings. The second kappa shape index (κ2) is 9.92. The molecule has 0 spiro atoms. The largest absolute Gasteiger partial charge is 0.377 e. The van der Waals surface area contributed by atoms with Gasteiger partial charge in [-0.3, -0.25) is 0 Å². The third-order valence-corrected chi connectivity index (χ3v) is 5.14. The van der Waals surface area contributed by atoms with Crippen molar-refractivity contribution in [1.29, 1.82) is 0 Å². The first-order valence-electron chi connectivity index (χ1n) is 10.4. The zero-order valence-corrected chi connectivity index (χ0v) is 17.9. The predicted molar refractivity (Wildman–Crippen MR) is 127 cm³/mol. The first kappa shape index (κ1) is 20.7. The minimum absolute atomic E-state index is 0.741. The molecule has 0 aliphatic carbocycles. The summed E-state index contributed by atoms with van der Waals surface area (Å²) in [5.74, 6) is 0.959. The number of nitrogens with zero attached hydrogens (tertiary/aromatic N) is 2. The summed E-state index contributed by atoms with van der Waals surface area (Å²) < 4.78 is 0. The van der Waals surface area contributed by atoms with Crippen molar-refractivity contribution >= 4 is 22.9 Å². The molecule has 0 saturated carbocycles. The number of hydrogen-bond donors (Lipinski definition) is 1. The van der Waals surface area contributed by atoms with E-state index in [1.54, 1.807) is 0 Å². The fourth-order valence-corrected chi connectivity index (χ4v) is 3.56. The van der Waals surface area contributed by atoms with Gasteiger partial charge in [-0.1, -0.05) is 68.4 Å². The van der Waals surface area contributed by atoms with Gasteiger partial charge < -0.3 is 10.2 Å². The molecule has 3 rings (SSSR count). The van der Waals surface area contributed by atoms with E-state index in [1.807, 2.05) is 0 Å². The lowest BCUT2D eigenvalue weighted by atomic mass is 10.1. The molecule has 0 fully saturated rings. The van der Waals surface area contributed by atoms with Crippen LogP contribution in [0.25, 0.3) is 0 Å². The number of nitrogens with one attached hydrogen (secondary N) is 1. The average molecular weight is 386 g/mol. The van der Waals surface area contributed by atoms with E-state index in [1.165, 1.54) is 22.4 Å². The number of aliphatic imine (C=N–C) groups is 1. The van der Waals surface area contributed by atoms with Crippen molar-refractivity contribution in [2.75, 3.05) is 24.3 Å². The van der Waals surface area contributed by atoms with Crippen molar-refractivity contribution < 1.29 is 0 Å². The number of rotatable bonds is 7. The van der Waals surface area contributed by atoms with Gasteiger partial charge >= 0.3 is 0 Å². The van der Waals surface area contributed by atoms with Crippen LogP contribution in [0.2, 0.25) is 0 Å². The molecule has 3 nitrogen and oxygen atoms in total. The summed E-state index contributed by atoms with van der Waals surface area (Å²) in [5, 5.41) is 3.64. The molecule has 0 aliphatic heterocycles. The lowest BCUT2D eigenvalue weighted by Crippen LogP contribution is -2.19. The molecule has 3 aromatic rings. The van der Waals surface area contributed by atoms with Crippen molar-refractivity contribution in [1.82, 2.24) is 0 Å². The molecular formula is C26H31N3. The van der Waals surface area contributed by atoms with Crippen LogP contribution >= 0.6 is 0 Å². The van der Waals surface area contributed by atoms with Gasteiger partial charge in [0.1, 0.15) is 5.84 Å². The van der Waals surface area contributed by atoms with Crippen molar-refractivity contribution in [3.8, 4) is 0 Å². The molecule has 3 heteroatoms. The molecular weight excluding hydrogens is 354 g/mol. The summed E-state index contributed by atoms with van der Waals surface area (Å²) in [6.07, 6.45) is 2.69. The minimum atomic E-state index is 0.741. The smallest absolute Gasteiger partial charge is 0.111 e. The number of benzene rings is 3. The van der Waals surface area contributed by atoms with Crippen LogP contribution in [0.1, 0.15) is 30.5 Å². The van der Waals surface area contributed by atoms with E-state index in [-0.39, 0.29) is 0 Å². The van der Waals surface area contributed by atoms with Crippen LogP contribution in [0.5, 0.6) is 0 Å². The Labute approximate surface area is 175 Å². The van der Waals surface area contributed by atoms with Gasteiger partial charge in [-0.05, 0) is 47.7 Å². The molecule has 150 valence electrons. The highest BCUT2D eigenvalue weighted by Crippen LogP contribution is 2.24. The Morgan fingerprint density at radius 2 is 1.34 bits per heavy atom. The molecule has 0 amide bonds. The first-order chi connectivity index (χ1) is 14.1. The van der Waals surface area contributed by atoms with Crippen molar-refractivity contribution in [2.24, 2.45) is 4.99 Å².